The van der Waals surface area contributed by atoms with Crippen molar-refractivity contribution in [3.8, 4) is 5.75 Å². The number of carbonyl (C=O) groups is 1. The van der Waals surface area contributed by atoms with E-state index in [1.54, 1.807) is 12.3 Å². The van der Waals surface area contributed by atoms with Gasteiger partial charge >= 0.3 is 0 Å². The number of nitrogens with zero attached hydrogens (tertiary/aromatic N) is 2. The first-order valence-corrected chi connectivity index (χ1v) is 8.67. The molecule has 0 radical (unpaired) electrons. The first kappa shape index (κ1) is 17.3. The highest BCUT2D eigenvalue weighted by Crippen LogP contribution is 2.17. The number of amides is 1. The van der Waals surface area contributed by atoms with Crippen LogP contribution in [0.15, 0.2) is 48.8 Å². The number of carbonyl (C=O) groups excluding carboxylic acids is 1. The minimum Gasteiger partial charge on any atom is -0.494 e. The first-order valence-electron chi connectivity index (χ1n) is 8.30. The third-order valence-electron chi connectivity index (χ3n) is 3.71. The Labute approximate surface area is 151 Å². The molecule has 0 saturated carbocycles. The molecule has 5 nitrogen and oxygen atoms in total. The molecule has 2 aromatic heterocycles. The molecule has 3 rings (SSSR count). The summed E-state index contributed by atoms with van der Waals surface area (Å²) < 4.78 is 7.42. The topological polar surface area (TPSA) is 55.6 Å². The van der Waals surface area contributed by atoms with E-state index < -0.39 is 0 Å². The van der Waals surface area contributed by atoms with Gasteiger partial charge in [0.15, 0.2) is 0 Å². The number of rotatable bonds is 7. The monoisotopic (exact) mass is 357 g/mol. The molecule has 0 atom stereocenters. The summed E-state index contributed by atoms with van der Waals surface area (Å²) in [5, 5.41) is 3.50. The highest BCUT2D eigenvalue weighted by atomic mass is 35.5. The molecule has 0 unspecified atom stereocenters. The van der Waals surface area contributed by atoms with Gasteiger partial charge in [-0.1, -0.05) is 24.9 Å². The maximum absolute atomic E-state index is 12.2. The van der Waals surface area contributed by atoms with Crippen LogP contribution in [0, 0.1) is 0 Å². The van der Waals surface area contributed by atoms with Crippen LogP contribution in [0.5, 0.6) is 5.75 Å². The van der Waals surface area contributed by atoms with Crippen molar-refractivity contribution < 1.29 is 9.53 Å². The van der Waals surface area contributed by atoms with Gasteiger partial charge in [-0.25, -0.2) is 4.98 Å². The lowest BCUT2D eigenvalue weighted by molar-refractivity contribution is -0.115. The molecule has 130 valence electrons. The predicted octanol–water partition coefficient (Wildman–Crippen LogP) is 4.35. The second kappa shape index (κ2) is 8.03. The van der Waals surface area contributed by atoms with Crippen LogP contribution >= 0.6 is 11.6 Å². The van der Waals surface area contributed by atoms with Gasteiger partial charge in [-0.05, 0) is 42.8 Å². The number of halogens is 1. The quantitative estimate of drug-likeness (QED) is 0.639. The highest BCUT2D eigenvalue weighted by Gasteiger charge is 2.08. The van der Waals surface area contributed by atoms with Crippen LogP contribution in [0.1, 0.15) is 25.5 Å². The average molecular weight is 358 g/mol. The molecule has 0 aliphatic rings. The Kier molecular flexibility index (Phi) is 5.56. The second-order valence-electron chi connectivity index (χ2n) is 5.80. The van der Waals surface area contributed by atoms with Crippen LogP contribution < -0.4 is 10.1 Å². The summed E-state index contributed by atoms with van der Waals surface area (Å²) in [5.41, 5.74) is 2.19. The standard InChI is InChI=1S/C19H20ClN3O2/c1-2-3-10-25-17-7-5-15(6-8-17)22-19(24)11-16-13-23-12-14(20)4-9-18(23)21-16/h4-9,12-13H,2-3,10-11H2,1H3,(H,22,24). The van der Waals surface area contributed by atoms with Gasteiger partial charge in [0.1, 0.15) is 11.4 Å². The van der Waals surface area contributed by atoms with Crippen LogP contribution in [0.2, 0.25) is 5.02 Å². The summed E-state index contributed by atoms with van der Waals surface area (Å²) in [6.07, 6.45) is 5.91. The maximum atomic E-state index is 12.2. The Morgan fingerprint density at radius 3 is 2.76 bits per heavy atom. The van der Waals surface area contributed by atoms with Crippen molar-refractivity contribution in [1.82, 2.24) is 9.38 Å². The van der Waals surface area contributed by atoms with E-state index in [-0.39, 0.29) is 12.3 Å². The molecule has 0 aliphatic heterocycles. The fraction of sp³-hybridized carbons (Fsp3) is 0.263. The zero-order valence-electron chi connectivity index (χ0n) is 14.0. The van der Waals surface area contributed by atoms with E-state index in [0.717, 1.165) is 29.9 Å². The molecule has 1 amide bonds. The van der Waals surface area contributed by atoms with Gasteiger partial charge < -0.3 is 14.5 Å². The SMILES string of the molecule is CCCCOc1ccc(NC(=O)Cc2cn3cc(Cl)ccc3n2)cc1. The molecule has 1 N–H and O–H groups in total. The lowest BCUT2D eigenvalue weighted by atomic mass is 10.2. The van der Waals surface area contributed by atoms with Crippen molar-refractivity contribution in [2.45, 2.75) is 26.2 Å². The number of nitrogens with one attached hydrogen (secondary N) is 1. The minimum absolute atomic E-state index is 0.117. The number of hydrogen-bond acceptors (Lipinski definition) is 3. The van der Waals surface area contributed by atoms with Crippen molar-refractivity contribution in [2.24, 2.45) is 0 Å². The third-order valence-corrected chi connectivity index (χ3v) is 3.93. The van der Waals surface area contributed by atoms with Crippen molar-refractivity contribution in [2.75, 3.05) is 11.9 Å². The lowest BCUT2D eigenvalue weighted by Gasteiger charge is -2.07. The van der Waals surface area contributed by atoms with Crippen LogP contribution in [0.25, 0.3) is 5.65 Å². The molecular weight excluding hydrogens is 338 g/mol. The van der Waals surface area contributed by atoms with Gasteiger partial charge in [0, 0.05) is 18.1 Å². The van der Waals surface area contributed by atoms with Crippen LogP contribution in [0.4, 0.5) is 5.69 Å². The largest absolute Gasteiger partial charge is 0.494 e. The van der Waals surface area contributed by atoms with E-state index in [1.165, 1.54) is 0 Å². The summed E-state index contributed by atoms with van der Waals surface area (Å²) in [7, 11) is 0. The number of imidazole rings is 1. The van der Waals surface area contributed by atoms with Gasteiger partial charge in [0.2, 0.25) is 5.91 Å². The summed E-state index contributed by atoms with van der Waals surface area (Å²) in [6, 6.07) is 11.0. The molecule has 25 heavy (non-hydrogen) atoms. The fourth-order valence-corrected chi connectivity index (χ4v) is 2.61. The number of pyridine rings is 1. The van der Waals surface area contributed by atoms with Gasteiger partial charge in [0.25, 0.3) is 0 Å². The van der Waals surface area contributed by atoms with E-state index >= 15 is 0 Å². The normalized spacial score (nSPS) is 10.8. The lowest BCUT2D eigenvalue weighted by Crippen LogP contribution is -2.14. The number of fused-ring (bicyclic) bond motifs is 1. The molecule has 3 aromatic rings. The second-order valence-corrected chi connectivity index (χ2v) is 6.23. The van der Waals surface area contributed by atoms with E-state index in [0.29, 0.717) is 17.3 Å². The van der Waals surface area contributed by atoms with E-state index in [4.69, 9.17) is 16.3 Å². The van der Waals surface area contributed by atoms with Crippen molar-refractivity contribution >= 4 is 28.8 Å². The van der Waals surface area contributed by atoms with E-state index in [1.807, 2.05) is 40.9 Å². The molecule has 0 saturated heterocycles. The van der Waals surface area contributed by atoms with Crippen molar-refractivity contribution in [3.63, 3.8) is 0 Å². The van der Waals surface area contributed by atoms with Gasteiger partial charge in [-0.2, -0.15) is 0 Å². The smallest absolute Gasteiger partial charge is 0.230 e. The maximum Gasteiger partial charge on any atom is 0.230 e. The molecule has 0 bridgehead atoms. The minimum atomic E-state index is -0.117. The highest BCUT2D eigenvalue weighted by molar-refractivity contribution is 6.30. The van der Waals surface area contributed by atoms with Gasteiger partial charge in [0.05, 0.1) is 23.7 Å². The number of benzene rings is 1. The zero-order valence-corrected chi connectivity index (χ0v) is 14.8. The molecule has 6 heteroatoms. The van der Waals surface area contributed by atoms with Crippen molar-refractivity contribution in [1.29, 1.82) is 0 Å². The molecular formula is C19H20ClN3O2. The number of ether oxygens (including phenoxy) is 1. The first-order chi connectivity index (χ1) is 12.1. The van der Waals surface area contributed by atoms with Crippen molar-refractivity contribution in [3.05, 3.63) is 59.5 Å². The Morgan fingerprint density at radius 1 is 1.20 bits per heavy atom. The van der Waals surface area contributed by atoms with Crippen LogP contribution in [-0.4, -0.2) is 21.9 Å². The number of aromatic nitrogens is 2. The Balaban J connectivity index is 1.57. The molecule has 0 spiro atoms. The van der Waals surface area contributed by atoms with Crippen LogP contribution in [-0.2, 0) is 11.2 Å². The van der Waals surface area contributed by atoms with E-state index in [2.05, 4.69) is 17.2 Å². The number of hydrogen-bond donors (Lipinski definition) is 1. The van der Waals surface area contributed by atoms with Gasteiger partial charge in [-0.3, -0.25) is 4.79 Å². The average Bonchev–Trinajstić information content (AvgIpc) is 2.97. The number of unbranched alkanes of at least 4 members (excludes halogenated alkanes) is 1. The summed E-state index contributed by atoms with van der Waals surface area (Å²) in [6.45, 7) is 2.83. The molecule has 0 aliphatic carbocycles. The number of anilines is 1. The Hall–Kier alpha value is -2.53. The summed E-state index contributed by atoms with van der Waals surface area (Å²) in [5.74, 6) is 0.692. The molecule has 2 heterocycles. The van der Waals surface area contributed by atoms with Gasteiger partial charge in [-0.15, -0.1) is 0 Å². The zero-order chi connectivity index (χ0) is 17.6. The third kappa shape index (κ3) is 4.73. The molecule has 0 fully saturated rings. The Bertz CT molecular complexity index is 859. The predicted molar refractivity (Wildman–Crippen MR) is 99.4 cm³/mol. The summed E-state index contributed by atoms with van der Waals surface area (Å²) in [4.78, 5) is 16.6. The summed E-state index contributed by atoms with van der Waals surface area (Å²) >= 11 is 5.96. The molecule has 1 aromatic carbocycles. The fourth-order valence-electron chi connectivity index (χ4n) is 2.44. The Morgan fingerprint density at radius 2 is 2.00 bits per heavy atom. The van der Waals surface area contributed by atoms with E-state index in [9.17, 15) is 4.79 Å². The van der Waals surface area contributed by atoms with Crippen LogP contribution in [0.3, 0.4) is 0 Å².